The Morgan fingerprint density at radius 1 is 1.27 bits per heavy atom. The fourth-order valence-electron chi connectivity index (χ4n) is 1.50. The molecule has 0 aliphatic heterocycles. The lowest BCUT2D eigenvalue weighted by atomic mass is 10.2. The van der Waals surface area contributed by atoms with Gasteiger partial charge >= 0.3 is 0 Å². The largest absolute Gasteiger partial charge is 0.331 e. The highest BCUT2D eigenvalue weighted by Gasteiger charge is 2.12. The molecule has 15 heavy (non-hydrogen) atoms. The third-order valence-electron chi connectivity index (χ3n) is 2.24. The van der Waals surface area contributed by atoms with Crippen LogP contribution >= 0.6 is 23.2 Å². The Bertz CT molecular complexity index is 457. The van der Waals surface area contributed by atoms with Crippen molar-refractivity contribution < 1.29 is 0 Å². The van der Waals surface area contributed by atoms with E-state index in [1.54, 1.807) is 6.20 Å². The molecule has 0 aliphatic rings. The van der Waals surface area contributed by atoms with E-state index in [2.05, 4.69) is 11.9 Å². The van der Waals surface area contributed by atoms with Crippen LogP contribution in [0.4, 0.5) is 0 Å². The molecule has 0 atom stereocenters. The van der Waals surface area contributed by atoms with E-state index < -0.39 is 0 Å². The summed E-state index contributed by atoms with van der Waals surface area (Å²) in [5.74, 6) is 0.813. The van der Waals surface area contributed by atoms with E-state index >= 15 is 0 Å². The third-order valence-corrected chi connectivity index (χ3v) is 2.87. The molecule has 0 radical (unpaired) electrons. The van der Waals surface area contributed by atoms with Gasteiger partial charge < -0.3 is 4.57 Å². The van der Waals surface area contributed by atoms with Crippen LogP contribution in [-0.4, -0.2) is 9.55 Å². The van der Waals surface area contributed by atoms with Crippen molar-refractivity contribution in [3.63, 3.8) is 0 Å². The van der Waals surface area contributed by atoms with Crippen molar-refractivity contribution in [2.45, 2.75) is 13.5 Å². The van der Waals surface area contributed by atoms with E-state index in [1.165, 1.54) is 0 Å². The first-order valence-electron chi connectivity index (χ1n) is 4.69. The Morgan fingerprint density at radius 2 is 1.93 bits per heavy atom. The average molecular weight is 241 g/mol. The van der Waals surface area contributed by atoms with E-state index in [0.717, 1.165) is 17.9 Å². The standard InChI is InChI=1S/C11H10Cl2N2/c1-2-15-7-6-14-11(15)10-8(12)4-3-5-9(10)13/h3-7H,2H2,1H3. The lowest BCUT2D eigenvalue weighted by molar-refractivity contribution is 0.771. The number of hydrogen-bond acceptors (Lipinski definition) is 1. The normalized spacial score (nSPS) is 10.6. The van der Waals surface area contributed by atoms with E-state index in [4.69, 9.17) is 23.2 Å². The van der Waals surface area contributed by atoms with Gasteiger partial charge in [-0.05, 0) is 19.1 Å². The molecule has 2 nitrogen and oxygen atoms in total. The van der Waals surface area contributed by atoms with Gasteiger partial charge in [-0.2, -0.15) is 0 Å². The summed E-state index contributed by atoms with van der Waals surface area (Å²) >= 11 is 12.2. The van der Waals surface area contributed by atoms with E-state index in [-0.39, 0.29) is 0 Å². The molecule has 0 N–H and O–H groups in total. The third kappa shape index (κ3) is 1.87. The maximum Gasteiger partial charge on any atom is 0.142 e. The first kappa shape index (κ1) is 10.5. The monoisotopic (exact) mass is 240 g/mol. The zero-order valence-corrected chi connectivity index (χ0v) is 9.76. The van der Waals surface area contributed by atoms with Crippen LogP contribution in [0.5, 0.6) is 0 Å². The highest BCUT2D eigenvalue weighted by molar-refractivity contribution is 6.38. The SMILES string of the molecule is CCn1ccnc1-c1c(Cl)cccc1Cl. The molecule has 0 bridgehead atoms. The van der Waals surface area contributed by atoms with Gasteiger partial charge in [-0.1, -0.05) is 29.3 Å². The summed E-state index contributed by atoms with van der Waals surface area (Å²) in [6.07, 6.45) is 3.66. The number of hydrogen-bond donors (Lipinski definition) is 0. The van der Waals surface area contributed by atoms with Gasteiger partial charge in [0, 0.05) is 18.9 Å². The lowest BCUT2D eigenvalue weighted by Crippen LogP contribution is -1.97. The molecule has 1 heterocycles. The second-order valence-corrected chi connectivity index (χ2v) is 3.95. The molecule has 0 spiro atoms. The Hall–Kier alpha value is -0.990. The number of aromatic nitrogens is 2. The van der Waals surface area contributed by atoms with Crippen molar-refractivity contribution in [1.29, 1.82) is 0 Å². The topological polar surface area (TPSA) is 17.8 Å². The van der Waals surface area contributed by atoms with Crippen LogP contribution in [0.3, 0.4) is 0 Å². The molecule has 0 fully saturated rings. The number of nitrogens with zero attached hydrogens (tertiary/aromatic N) is 2. The number of halogens is 2. The van der Waals surface area contributed by atoms with Gasteiger partial charge in [0.15, 0.2) is 0 Å². The van der Waals surface area contributed by atoms with Crippen LogP contribution in [0.25, 0.3) is 11.4 Å². The molecule has 1 aromatic heterocycles. The Labute approximate surface area is 98.5 Å². The van der Waals surface area contributed by atoms with Crippen molar-refractivity contribution in [1.82, 2.24) is 9.55 Å². The Morgan fingerprint density at radius 3 is 2.53 bits per heavy atom. The summed E-state index contributed by atoms with van der Waals surface area (Å²) < 4.78 is 2.01. The molecule has 0 aliphatic carbocycles. The van der Waals surface area contributed by atoms with Gasteiger partial charge in [0.25, 0.3) is 0 Å². The van der Waals surface area contributed by atoms with Crippen LogP contribution in [0.1, 0.15) is 6.92 Å². The first-order chi connectivity index (χ1) is 7.24. The summed E-state index contributed by atoms with van der Waals surface area (Å²) in [4.78, 5) is 4.27. The second kappa shape index (κ2) is 4.25. The zero-order valence-electron chi connectivity index (χ0n) is 8.24. The van der Waals surface area contributed by atoms with Gasteiger partial charge in [-0.15, -0.1) is 0 Å². The van der Waals surface area contributed by atoms with E-state index in [0.29, 0.717) is 10.0 Å². The minimum Gasteiger partial charge on any atom is -0.331 e. The van der Waals surface area contributed by atoms with E-state index in [9.17, 15) is 0 Å². The molecule has 0 saturated heterocycles. The summed E-state index contributed by atoms with van der Waals surface area (Å²) in [6, 6.07) is 5.46. The predicted molar refractivity (Wildman–Crippen MR) is 63.4 cm³/mol. The van der Waals surface area contributed by atoms with E-state index in [1.807, 2.05) is 29.0 Å². The summed E-state index contributed by atoms with van der Waals surface area (Å²) in [6.45, 7) is 2.90. The van der Waals surface area contributed by atoms with Crippen molar-refractivity contribution >= 4 is 23.2 Å². The zero-order chi connectivity index (χ0) is 10.8. The van der Waals surface area contributed by atoms with Gasteiger partial charge in [0.2, 0.25) is 0 Å². The number of imidazole rings is 1. The van der Waals surface area contributed by atoms with Gasteiger partial charge in [-0.3, -0.25) is 0 Å². The number of aryl methyl sites for hydroxylation is 1. The van der Waals surface area contributed by atoms with Gasteiger partial charge in [0.1, 0.15) is 5.82 Å². The molecular formula is C11H10Cl2N2. The van der Waals surface area contributed by atoms with Gasteiger partial charge in [-0.25, -0.2) is 4.98 Å². The van der Waals surface area contributed by atoms with Crippen molar-refractivity contribution in [3.8, 4) is 11.4 Å². The Kier molecular flexibility index (Phi) is 2.98. The number of benzene rings is 1. The molecule has 0 unspecified atom stereocenters. The maximum atomic E-state index is 6.11. The molecule has 0 saturated carbocycles. The lowest BCUT2D eigenvalue weighted by Gasteiger charge is -2.08. The predicted octanol–water partition coefficient (Wildman–Crippen LogP) is 3.88. The van der Waals surface area contributed by atoms with Crippen LogP contribution in [-0.2, 0) is 6.54 Å². The first-order valence-corrected chi connectivity index (χ1v) is 5.45. The molecular weight excluding hydrogens is 231 g/mol. The van der Waals surface area contributed by atoms with Crippen LogP contribution in [0.2, 0.25) is 10.0 Å². The average Bonchev–Trinajstić information content (AvgIpc) is 2.65. The summed E-state index contributed by atoms with van der Waals surface area (Å²) in [5.41, 5.74) is 0.799. The second-order valence-electron chi connectivity index (χ2n) is 3.13. The molecule has 78 valence electrons. The highest BCUT2D eigenvalue weighted by Crippen LogP contribution is 2.33. The highest BCUT2D eigenvalue weighted by atomic mass is 35.5. The van der Waals surface area contributed by atoms with Gasteiger partial charge in [0.05, 0.1) is 15.6 Å². The van der Waals surface area contributed by atoms with Crippen LogP contribution < -0.4 is 0 Å². The molecule has 2 rings (SSSR count). The quantitative estimate of drug-likeness (QED) is 0.780. The Balaban J connectivity index is 2.63. The fraction of sp³-hybridized carbons (Fsp3) is 0.182. The molecule has 4 heteroatoms. The van der Waals surface area contributed by atoms with Crippen molar-refractivity contribution in [2.75, 3.05) is 0 Å². The van der Waals surface area contributed by atoms with Crippen molar-refractivity contribution in [2.24, 2.45) is 0 Å². The number of rotatable bonds is 2. The maximum absolute atomic E-state index is 6.11. The minimum absolute atomic E-state index is 0.628. The molecule has 1 aromatic carbocycles. The summed E-state index contributed by atoms with van der Waals surface area (Å²) in [5, 5.41) is 1.26. The fourth-order valence-corrected chi connectivity index (χ4v) is 2.07. The van der Waals surface area contributed by atoms with Crippen LogP contribution in [0, 0.1) is 0 Å². The molecule has 0 amide bonds. The summed E-state index contributed by atoms with van der Waals surface area (Å²) in [7, 11) is 0. The van der Waals surface area contributed by atoms with Crippen molar-refractivity contribution in [3.05, 3.63) is 40.6 Å². The molecule has 2 aromatic rings. The smallest absolute Gasteiger partial charge is 0.142 e. The van der Waals surface area contributed by atoms with Crippen LogP contribution in [0.15, 0.2) is 30.6 Å². The minimum atomic E-state index is 0.628.